The third-order valence-electron chi connectivity index (χ3n) is 2.51. The number of halogens is 1. The number of aromatic amines is 1. The number of rotatable bonds is 2. The second-order valence-electron chi connectivity index (χ2n) is 3.59. The standard InChI is InChI=1S/C11H9ClN4O/c12-11-10(15-9(4-13)16-11)6-1-2-7-8(3-6)17-5-14-7/h1-3,5H,4,13H2,(H,15,16). The van der Waals surface area contributed by atoms with E-state index in [1.54, 1.807) is 0 Å². The highest BCUT2D eigenvalue weighted by molar-refractivity contribution is 6.32. The number of aromatic nitrogens is 3. The zero-order valence-corrected chi connectivity index (χ0v) is 9.53. The molecular formula is C11H9ClN4O. The minimum absolute atomic E-state index is 0.324. The third kappa shape index (κ3) is 1.69. The highest BCUT2D eigenvalue weighted by Gasteiger charge is 2.11. The maximum Gasteiger partial charge on any atom is 0.181 e. The molecule has 2 aromatic heterocycles. The molecule has 6 heteroatoms. The molecular weight excluding hydrogens is 240 g/mol. The van der Waals surface area contributed by atoms with Crippen molar-refractivity contribution in [1.82, 2.24) is 15.0 Å². The molecule has 3 N–H and O–H groups in total. The zero-order valence-electron chi connectivity index (χ0n) is 8.77. The van der Waals surface area contributed by atoms with E-state index in [9.17, 15) is 0 Å². The molecule has 86 valence electrons. The summed E-state index contributed by atoms with van der Waals surface area (Å²) in [6, 6.07) is 5.61. The van der Waals surface area contributed by atoms with Crippen molar-refractivity contribution >= 4 is 22.7 Å². The third-order valence-corrected chi connectivity index (χ3v) is 2.78. The van der Waals surface area contributed by atoms with Crippen LogP contribution in [0.1, 0.15) is 5.82 Å². The van der Waals surface area contributed by atoms with E-state index in [1.807, 2.05) is 18.2 Å². The van der Waals surface area contributed by atoms with E-state index in [2.05, 4.69) is 15.0 Å². The van der Waals surface area contributed by atoms with E-state index in [0.29, 0.717) is 28.8 Å². The molecule has 0 amide bonds. The van der Waals surface area contributed by atoms with Crippen LogP contribution in [0.5, 0.6) is 0 Å². The number of hydrogen-bond acceptors (Lipinski definition) is 4. The average Bonchev–Trinajstić information content (AvgIpc) is 2.93. The molecule has 3 rings (SSSR count). The predicted molar refractivity (Wildman–Crippen MR) is 64.5 cm³/mol. The molecule has 0 atom stereocenters. The van der Waals surface area contributed by atoms with E-state index >= 15 is 0 Å². The molecule has 0 bridgehead atoms. The van der Waals surface area contributed by atoms with Gasteiger partial charge in [-0.05, 0) is 12.1 Å². The van der Waals surface area contributed by atoms with Gasteiger partial charge in [0, 0.05) is 5.56 Å². The van der Waals surface area contributed by atoms with Crippen molar-refractivity contribution in [1.29, 1.82) is 0 Å². The van der Waals surface area contributed by atoms with E-state index in [0.717, 1.165) is 11.1 Å². The van der Waals surface area contributed by atoms with Crippen molar-refractivity contribution in [2.45, 2.75) is 6.54 Å². The van der Waals surface area contributed by atoms with Gasteiger partial charge < -0.3 is 15.1 Å². The number of hydrogen-bond donors (Lipinski definition) is 2. The number of nitrogens with one attached hydrogen (secondary N) is 1. The number of fused-ring (bicyclic) bond motifs is 1. The Morgan fingerprint density at radius 3 is 3.06 bits per heavy atom. The average molecular weight is 249 g/mol. The summed E-state index contributed by atoms with van der Waals surface area (Å²) in [5.41, 5.74) is 8.56. The molecule has 3 aromatic rings. The van der Waals surface area contributed by atoms with E-state index < -0.39 is 0 Å². The molecule has 0 saturated carbocycles. The molecule has 0 spiro atoms. The van der Waals surface area contributed by atoms with Gasteiger partial charge in [-0.2, -0.15) is 0 Å². The fraction of sp³-hybridized carbons (Fsp3) is 0.0909. The van der Waals surface area contributed by atoms with Crippen LogP contribution in [-0.4, -0.2) is 15.0 Å². The summed E-state index contributed by atoms with van der Waals surface area (Å²) < 4.78 is 5.24. The second kappa shape index (κ2) is 3.87. The van der Waals surface area contributed by atoms with E-state index in [4.69, 9.17) is 21.8 Å². The number of benzene rings is 1. The zero-order chi connectivity index (χ0) is 11.8. The summed E-state index contributed by atoms with van der Waals surface area (Å²) in [5.74, 6) is 0.655. The maximum absolute atomic E-state index is 6.06. The van der Waals surface area contributed by atoms with Crippen LogP contribution in [0.15, 0.2) is 29.0 Å². The Kier molecular flexibility index (Phi) is 2.35. The molecule has 0 aliphatic heterocycles. The first-order valence-corrected chi connectivity index (χ1v) is 5.44. The molecule has 17 heavy (non-hydrogen) atoms. The Morgan fingerprint density at radius 1 is 1.41 bits per heavy atom. The number of H-pyrrole nitrogens is 1. The lowest BCUT2D eigenvalue weighted by Crippen LogP contribution is -1.97. The summed E-state index contributed by atoms with van der Waals surface area (Å²) in [5, 5.41) is 0.476. The van der Waals surface area contributed by atoms with Gasteiger partial charge in [0.1, 0.15) is 22.2 Å². The lowest BCUT2D eigenvalue weighted by molar-refractivity contribution is 0.602. The Hall–Kier alpha value is -1.85. The van der Waals surface area contributed by atoms with Gasteiger partial charge in [0.2, 0.25) is 0 Å². The Labute approximate surface area is 102 Å². The van der Waals surface area contributed by atoms with Gasteiger partial charge in [-0.15, -0.1) is 0 Å². The highest BCUT2D eigenvalue weighted by Crippen LogP contribution is 2.28. The van der Waals surface area contributed by atoms with Gasteiger partial charge in [-0.1, -0.05) is 17.7 Å². The fourth-order valence-corrected chi connectivity index (χ4v) is 1.95. The first kappa shape index (κ1) is 10.3. The van der Waals surface area contributed by atoms with Gasteiger partial charge in [0.25, 0.3) is 0 Å². The van der Waals surface area contributed by atoms with Crippen LogP contribution in [0.2, 0.25) is 5.15 Å². The van der Waals surface area contributed by atoms with Crippen molar-refractivity contribution in [3.63, 3.8) is 0 Å². The van der Waals surface area contributed by atoms with Crippen LogP contribution in [0.3, 0.4) is 0 Å². The first-order chi connectivity index (χ1) is 8.28. The SMILES string of the molecule is NCc1nc(-c2ccc3ncoc3c2)c(Cl)[nH]1. The first-order valence-electron chi connectivity index (χ1n) is 5.06. The maximum atomic E-state index is 6.06. The van der Waals surface area contributed by atoms with Crippen molar-refractivity contribution in [3.05, 3.63) is 35.6 Å². The van der Waals surface area contributed by atoms with Gasteiger partial charge in [-0.25, -0.2) is 9.97 Å². The van der Waals surface area contributed by atoms with E-state index in [1.165, 1.54) is 6.39 Å². The number of imidazole rings is 1. The molecule has 0 fully saturated rings. The van der Waals surface area contributed by atoms with Crippen LogP contribution in [-0.2, 0) is 6.54 Å². The Morgan fingerprint density at radius 2 is 2.29 bits per heavy atom. The largest absolute Gasteiger partial charge is 0.443 e. The molecule has 2 heterocycles. The summed E-state index contributed by atoms with van der Waals surface area (Å²) in [6.07, 6.45) is 1.41. The van der Waals surface area contributed by atoms with E-state index in [-0.39, 0.29) is 0 Å². The van der Waals surface area contributed by atoms with Crippen molar-refractivity contribution in [3.8, 4) is 11.3 Å². The predicted octanol–water partition coefficient (Wildman–Crippen LogP) is 2.33. The molecule has 0 aliphatic rings. The summed E-state index contributed by atoms with van der Waals surface area (Å²) in [4.78, 5) is 11.3. The van der Waals surface area contributed by atoms with Crippen LogP contribution in [0, 0.1) is 0 Å². The Bertz CT molecular complexity index is 673. The second-order valence-corrected chi connectivity index (χ2v) is 3.96. The lowest BCUT2D eigenvalue weighted by Gasteiger charge is -1.96. The smallest absolute Gasteiger partial charge is 0.181 e. The fourth-order valence-electron chi connectivity index (χ4n) is 1.69. The monoisotopic (exact) mass is 248 g/mol. The summed E-state index contributed by atoms with van der Waals surface area (Å²) >= 11 is 6.06. The highest BCUT2D eigenvalue weighted by atomic mass is 35.5. The summed E-state index contributed by atoms with van der Waals surface area (Å²) in [6.45, 7) is 0.324. The molecule has 0 aliphatic carbocycles. The molecule has 5 nitrogen and oxygen atoms in total. The number of nitrogens with two attached hydrogens (primary N) is 1. The number of nitrogens with zero attached hydrogens (tertiary/aromatic N) is 2. The molecule has 0 unspecified atom stereocenters. The molecule has 0 radical (unpaired) electrons. The van der Waals surface area contributed by atoms with Gasteiger partial charge in [-0.3, -0.25) is 0 Å². The normalized spacial score (nSPS) is 11.2. The van der Waals surface area contributed by atoms with Crippen molar-refractivity contribution in [2.75, 3.05) is 0 Å². The molecule has 1 aromatic carbocycles. The van der Waals surface area contributed by atoms with Gasteiger partial charge >= 0.3 is 0 Å². The van der Waals surface area contributed by atoms with Crippen LogP contribution in [0.25, 0.3) is 22.4 Å². The number of oxazole rings is 1. The van der Waals surface area contributed by atoms with Crippen molar-refractivity contribution < 1.29 is 4.42 Å². The quantitative estimate of drug-likeness (QED) is 0.729. The summed E-state index contributed by atoms with van der Waals surface area (Å²) in [7, 11) is 0. The molecule has 0 saturated heterocycles. The van der Waals surface area contributed by atoms with Gasteiger partial charge in [0.05, 0.1) is 6.54 Å². The van der Waals surface area contributed by atoms with Crippen LogP contribution < -0.4 is 5.73 Å². The van der Waals surface area contributed by atoms with Gasteiger partial charge in [0.15, 0.2) is 12.0 Å². The topological polar surface area (TPSA) is 80.7 Å². The van der Waals surface area contributed by atoms with Crippen molar-refractivity contribution in [2.24, 2.45) is 5.73 Å². The van der Waals surface area contributed by atoms with Crippen LogP contribution >= 0.6 is 11.6 Å². The lowest BCUT2D eigenvalue weighted by atomic mass is 10.1. The minimum atomic E-state index is 0.324. The minimum Gasteiger partial charge on any atom is -0.443 e. The Balaban J connectivity index is 2.15. The van der Waals surface area contributed by atoms with Crippen LogP contribution in [0.4, 0.5) is 0 Å².